The van der Waals surface area contributed by atoms with Crippen molar-refractivity contribution in [1.29, 1.82) is 0 Å². The van der Waals surface area contributed by atoms with Gasteiger partial charge in [-0.2, -0.15) is 0 Å². The van der Waals surface area contributed by atoms with Crippen molar-refractivity contribution in [2.75, 3.05) is 0 Å². The van der Waals surface area contributed by atoms with Crippen molar-refractivity contribution in [2.45, 2.75) is 19.3 Å². The number of hydrogen-bond donors (Lipinski definition) is 0. The van der Waals surface area contributed by atoms with Crippen molar-refractivity contribution in [1.82, 2.24) is 4.98 Å². The second-order valence-electron chi connectivity index (χ2n) is 9.16. The number of aromatic nitrogens is 1. The Bertz CT molecular complexity index is 1530. The molecule has 1 heteroatoms. The van der Waals surface area contributed by atoms with Crippen molar-refractivity contribution in [3.05, 3.63) is 137 Å². The molecule has 0 bridgehead atoms. The first-order valence-corrected chi connectivity index (χ1v) is 11.7. The van der Waals surface area contributed by atoms with E-state index in [-0.39, 0.29) is 0 Å². The summed E-state index contributed by atoms with van der Waals surface area (Å²) < 4.78 is 0. The van der Waals surface area contributed by atoms with Gasteiger partial charge in [-0.05, 0) is 98.2 Å². The molecule has 0 unspecified atom stereocenters. The fourth-order valence-electron chi connectivity index (χ4n) is 5.85. The third-order valence-corrected chi connectivity index (χ3v) is 7.34. The van der Waals surface area contributed by atoms with E-state index in [0.29, 0.717) is 0 Å². The highest BCUT2D eigenvalue weighted by Gasteiger charge is 2.27. The van der Waals surface area contributed by atoms with Crippen molar-refractivity contribution >= 4 is 0 Å². The van der Waals surface area contributed by atoms with Gasteiger partial charge in [0.1, 0.15) is 0 Å². The quantitative estimate of drug-likeness (QED) is 0.288. The maximum atomic E-state index is 4.22. The number of nitrogens with zero attached hydrogens (tertiary/aromatic N) is 1. The van der Waals surface area contributed by atoms with Gasteiger partial charge in [-0.25, -0.2) is 0 Å². The van der Waals surface area contributed by atoms with Crippen LogP contribution in [-0.2, 0) is 19.3 Å². The minimum absolute atomic E-state index is 0.915. The summed E-state index contributed by atoms with van der Waals surface area (Å²) >= 11 is 0. The van der Waals surface area contributed by atoms with Gasteiger partial charge in [0.05, 0.1) is 0 Å². The van der Waals surface area contributed by atoms with E-state index in [9.17, 15) is 0 Å². The van der Waals surface area contributed by atoms with Crippen LogP contribution in [0.1, 0.15) is 33.4 Å². The molecule has 0 atom stereocenters. The van der Waals surface area contributed by atoms with Crippen LogP contribution in [0.2, 0.25) is 0 Å². The summed E-state index contributed by atoms with van der Waals surface area (Å²) in [4.78, 5) is 4.22. The molecular weight excluding hydrogens is 398 g/mol. The van der Waals surface area contributed by atoms with Crippen molar-refractivity contribution < 1.29 is 0 Å². The van der Waals surface area contributed by atoms with E-state index in [1.807, 2.05) is 12.4 Å². The van der Waals surface area contributed by atoms with Crippen LogP contribution in [0.15, 0.2) is 103 Å². The summed E-state index contributed by atoms with van der Waals surface area (Å²) in [5.41, 5.74) is 16.9. The molecule has 0 saturated heterocycles. The lowest BCUT2D eigenvalue weighted by molar-refractivity contribution is 1.14. The average molecular weight is 422 g/mol. The van der Waals surface area contributed by atoms with Crippen LogP contribution in [0, 0.1) is 0 Å². The topological polar surface area (TPSA) is 12.9 Å². The van der Waals surface area contributed by atoms with E-state index in [1.54, 1.807) is 0 Å². The Morgan fingerprint density at radius 3 is 1.88 bits per heavy atom. The summed E-state index contributed by atoms with van der Waals surface area (Å²) in [5.74, 6) is 0. The molecule has 0 N–H and O–H groups in total. The van der Waals surface area contributed by atoms with Crippen LogP contribution in [0.25, 0.3) is 33.4 Å². The summed E-state index contributed by atoms with van der Waals surface area (Å²) in [5, 5.41) is 0. The summed E-state index contributed by atoms with van der Waals surface area (Å²) in [6, 6.07) is 33.6. The molecular formula is C32H23N. The van der Waals surface area contributed by atoms with E-state index in [1.165, 1.54) is 66.8 Å². The van der Waals surface area contributed by atoms with Gasteiger partial charge in [0.15, 0.2) is 0 Å². The predicted octanol–water partition coefficient (Wildman–Crippen LogP) is 7.48. The molecule has 1 heterocycles. The summed E-state index contributed by atoms with van der Waals surface area (Å²) in [6.07, 6.45) is 6.72. The zero-order valence-corrected chi connectivity index (χ0v) is 18.4. The fraction of sp³-hybridized carbons (Fsp3) is 0.0938. The van der Waals surface area contributed by atoms with Crippen LogP contribution in [0.5, 0.6) is 0 Å². The standard InChI is InChI=1S/C32H23N/c1-3-8-25-22(6-1)19-30-27(25)10-5-11-29(30)32-24(18-21-14-16-33-17-15-21)12-13-28-26-9-4-2-7-23(26)20-31(28)32/h1-17H,18-20H2. The average Bonchev–Trinajstić information content (AvgIpc) is 3.43. The lowest BCUT2D eigenvalue weighted by Gasteiger charge is -2.18. The summed E-state index contributed by atoms with van der Waals surface area (Å²) in [7, 11) is 0. The summed E-state index contributed by atoms with van der Waals surface area (Å²) in [6.45, 7) is 0. The Hall–Kier alpha value is -3.97. The smallest absolute Gasteiger partial charge is 0.0270 e. The molecule has 0 radical (unpaired) electrons. The largest absolute Gasteiger partial charge is 0.265 e. The Labute approximate surface area is 194 Å². The first kappa shape index (κ1) is 18.6. The number of hydrogen-bond acceptors (Lipinski definition) is 1. The second kappa shape index (κ2) is 7.28. The van der Waals surface area contributed by atoms with Crippen molar-refractivity contribution in [3.63, 3.8) is 0 Å². The van der Waals surface area contributed by atoms with E-state index in [2.05, 4.69) is 96.0 Å². The molecule has 33 heavy (non-hydrogen) atoms. The molecule has 0 amide bonds. The molecule has 0 spiro atoms. The van der Waals surface area contributed by atoms with Crippen molar-refractivity contribution in [3.8, 4) is 33.4 Å². The molecule has 2 aliphatic rings. The first-order chi connectivity index (χ1) is 16.4. The SMILES string of the molecule is c1ccc2c(c1)Cc1c-2cccc1-c1c(Cc2ccncc2)ccc2c1Cc1ccccc1-2. The molecule has 0 aliphatic heterocycles. The highest BCUT2D eigenvalue weighted by molar-refractivity contribution is 5.91. The zero-order chi connectivity index (χ0) is 21.8. The fourth-order valence-corrected chi connectivity index (χ4v) is 5.85. The predicted molar refractivity (Wildman–Crippen MR) is 135 cm³/mol. The molecule has 2 aliphatic carbocycles. The van der Waals surface area contributed by atoms with E-state index in [0.717, 1.165) is 19.3 Å². The van der Waals surface area contributed by atoms with Crippen molar-refractivity contribution in [2.24, 2.45) is 0 Å². The minimum atomic E-state index is 0.915. The molecule has 1 nitrogen and oxygen atoms in total. The number of benzene rings is 4. The van der Waals surface area contributed by atoms with Gasteiger partial charge in [-0.15, -0.1) is 0 Å². The van der Waals surface area contributed by atoms with Crippen LogP contribution in [0.4, 0.5) is 0 Å². The minimum Gasteiger partial charge on any atom is -0.265 e. The molecule has 0 fully saturated rings. The van der Waals surface area contributed by atoms with Gasteiger partial charge in [0.25, 0.3) is 0 Å². The van der Waals surface area contributed by atoms with Gasteiger partial charge >= 0.3 is 0 Å². The van der Waals surface area contributed by atoms with Gasteiger partial charge in [0.2, 0.25) is 0 Å². The van der Waals surface area contributed by atoms with Gasteiger partial charge < -0.3 is 0 Å². The Morgan fingerprint density at radius 2 is 1.12 bits per heavy atom. The van der Waals surface area contributed by atoms with E-state index < -0.39 is 0 Å². The van der Waals surface area contributed by atoms with Crippen LogP contribution < -0.4 is 0 Å². The van der Waals surface area contributed by atoms with Gasteiger partial charge in [-0.3, -0.25) is 4.98 Å². The number of pyridine rings is 1. The Balaban J connectivity index is 1.47. The lowest BCUT2D eigenvalue weighted by atomic mass is 9.85. The highest BCUT2D eigenvalue weighted by Crippen LogP contribution is 2.48. The van der Waals surface area contributed by atoms with Gasteiger partial charge in [-0.1, -0.05) is 78.9 Å². The molecule has 156 valence electrons. The molecule has 4 aromatic carbocycles. The van der Waals surface area contributed by atoms with Gasteiger partial charge in [0, 0.05) is 12.4 Å². The van der Waals surface area contributed by atoms with Crippen LogP contribution in [-0.4, -0.2) is 4.98 Å². The Kier molecular flexibility index (Phi) is 4.10. The number of fused-ring (bicyclic) bond motifs is 6. The second-order valence-corrected chi connectivity index (χ2v) is 9.16. The van der Waals surface area contributed by atoms with Crippen LogP contribution >= 0.6 is 0 Å². The van der Waals surface area contributed by atoms with Crippen LogP contribution in [0.3, 0.4) is 0 Å². The maximum absolute atomic E-state index is 4.22. The number of rotatable bonds is 3. The zero-order valence-electron chi connectivity index (χ0n) is 18.4. The van der Waals surface area contributed by atoms with E-state index >= 15 is 0 Å². The Morgan fingerprint density at radius 1 is 0.515 bits per heavy atom. The monoisotopic (exact) mass is 421 g/mol. The molecule has 7 rings (SSSR count). The maximum Gasteiger partial charge on any atom is 0.0270 e. The highest BCUT2D eigenvalue weighted by atomic mass is 14.6. The van der Waals surface area contributed by atoms with E-state index in [4.69, 9.17) is 0 Å². The molecule has 5 aromatic rings. The third-order valence-electron chi connectivity index (χ3n) is 7.34. The molecule has 1 aromatic heterocycles. The third kappa shape index (κ3) is 2.89. The normalized spacial score (nSPS) is 12.7. The first-order valence-electron chi connectivity index (χ1n) is 11.7. The lowest BCUT2D eigenvalue weighted by Crippen LogP contribution is -2.00. The molecule has 0 saturated carbocycles.